The molecule has 0 heterocycles. The molecule has 2 heteroatoms. The van der Waals surface area contributed by atoms with Gasteiger partial charge in [-0.1, -0.05) is 43.7 Å². The Balaban J connectivity index is 2.16. The first-order chi connectivity index (χ1) is 9.83. The molecular formula is C18H21NO. The number of methoxy groups -OCH3 is 1. The van der Waals surface area contributed by atoms with E-state index in [-0.39, 0.29) is 0 Å². The summed E-state index contributed by atoms with van der Waals surface area (Å²) in [6.45, 7) is 2.21. The average molecular weight is 267 g/mol. The molecule has 0 aliphatic heterocycles. The minimum absolute atomic E-state index is 0.645. The van der Waals surface area contributed by atoms with Crippen LogP contribution in [0.3, 0.4) is 0 Å². The number of ether oxygens (including phenoxy) is 1. The van der Waals surface area contributed by atoms with Crippen molar-refractivity contribution in [3.63, 3.8) is 0 Å². The van der Waals surface area contributed by atoms with Crippen LogP contribution in [0.2, 0.25) is 0 Å². The lowest BCUT2D eigenvalue weighted by Gasteiger charge is -2.05. The SMILES string of the molecule is CCCCc1ccc(N=C(OC)c2ccccc2)cc1. The highest BCUT2D eigenvalue weighted by atomic mass is 16.5. The first-order valence-corrected chi connectivity index (χ1v) is 7.10. The van der Waals surface area contributed by atoms with E-state index in [2.05, 4.69) is 24.0 Å². The van der Waals surface area contributed by atoms with Crippen LogP contribution in [0.1, 0.15) is 30.9 Å². The number of benzene rings is 2. The lowest BCUT2D eigenvalue weighted by atomic mass is 10.1. The number of unbranched alkanes of at least 4 members (excludes halogenated alkanes) is 1. The molecule has 20 heavy (non-hydrogen) atoms. The van der Waals surface area contributed by atoms with E-state index in [1.807, 2.05) is 42.5 Å². The van der Waals surface area contributed by atoms with Gasteiger partial charge in [0.15, 0.2) is 0 Å². The fraction of sp³-hybridized carbons (Fsp3) is 0.278. The van der Waals surface area contributed by atoms with Crippen molar-refractivity contribution in [2.24, 2.45) is 4.99 Å². The first-order valence-electron chi connectivity index (χ1n) is 7.10. The summed E-state index contributed by atoms with van der Waals surface area (Å²) < 4.78 is 5.39. The van der Waals surface area contributed by atoms with Crippen LogP contribution in [0.15, 0.2) is 59.6 Å². The summed E-state index contributed by atoms with van der Waals surface area (Å²) in [5.41, 5.74) is 3.28. The highest BCUT2D eigenvalue weighted by Crippen LogP contribution is 2.16. The number of hydrogen-bond acceptors (Lipinski definition) is 2. The van der Waals surface area contributed by atoms with E-state index in [0.717, 1.165) is 17.7 Å². The Hall–Kier alpha value is -2.09. The van der Waals surface area contributed by atoms with Crippen LogP contribution >= 0.6 is 0 Å². The summed E-state index contributed by atoms with van der Waals surface area (Å²) in [5, 5.41) is 0. The number of rotatable bonds is 5. The highest BCUT2D eigenvalue weighted by Gasteiger charge is 2.02. The molecule has 0 bridgehead atoms. The van der Waals surface area contributed by atoms with Gasteiger partial charge in [-0.3, -0.25) is 0 Å². The van der Waals surface area contributed by atoms with Crippen LogP contribution in [0.4, 0.5) is 5.69 Å². The molecule has 0 unspecified atom stereocenters. The molecule has 0 radical (unpaired) electrons. The zero-order chi connectivity index (χ0) is 14.2. The molecule has 104 valence electrons. The molecule has 0 aliphatic rings. The molecule has 0 saturated carbocycles. The quantitative estimate of drug-likeness (QED) is 0.565. The maximum atomic E-state index is 5.39. The third kappa shape index (κ3) is 3.95. The van der Waals surface area contributed by atoms with Gasteiger partial charge in [-0.2, -0.15) is 0 Å². The molecule has 0 spiro atoms. The van der Waals surface area contributed by atoms with Gasteiger partial charge < -0.3 is 4.74 Å². The fourth-order valence-electron chi connectivity index (χ4n) is 2.04. The zero-order valence-corrected chi connectivity index (χ0v) is 12.2. The molecule has 0 aromatic heterocycles. The monoisotopic (exact) mass is 267 g/mol. The van der Waals surface area contributed by atoms with E-state index in [9.17, 15) is 0 Å². The van der Waals surface area contributed by atoms with Crippen LogP contribution in [0.5, 0.6) is 0 Å². The van der Waals surface area contributed by atoms with Crippen molar-refractivity contribution in [2.45, 2.75) is 26.2 Å². The molecule has 0 N–H and O–H groups in total. The van der Waals surface area contributed by atoms with E-state index in [1.165, 1.54) is 18.4 Å². The van der Waals surface area contributed by atoms with Gasteiger partial charge in [-0.25, -0.2) is 4.99 Å². The second kappa shape index (κ2) is 7.49. The van der Waals surface area contributed by atoms with Crippen molar-refractivity contribution in [3.8, 4) is 0 Å². The Morgan fingerprint density at radius 1 is 1.00 bits per heavy atom. The largest absolute Gasteiger partial charge is 0.481 e. The Morgan fingerprint density at radius 3 is 2.30 bits per heavy atom. The van der Waals surface area contributed by atoms with Gasteiger partial charge in [-0.15, -0.1) is 0 Å². The molecule has 0 saturated heterocycles. The summed E-state index contributed by atoms with van der Waals surface area (Å²) in [7, 11) is 1.65. The van der Waals surface area contributed by atoms with Crippen molar-refractivity contribution in [1.29, 1.82) is 0 Å². The maximum absolute atomic E-state index is 5.39. The smallest absolute Gasteiger partial charge is 0.220 e. The summed E-state index contributed by atoms with van der Waals surface area (Å²) in [6, 6.07) is 18.3. The van der Waals surface area contributed by atoms with Crippen LogP contribution < -0.4 is 0 Å². The molecule has 2 aromatic rings. The lowest BCUT2D eigenvalue weighted by Crippen LogP contribution is -2.02. The molecule has 0 aliphatic carbocycles. The fourth-order valence-corrected chi connectivity index (χ4v) is 2.04. The third-order valence-electron chi connectivity index (χ3n) is 3.20. The molecule has 2 nitrogen and oxygen atoms in total. The summed E-state index contributed by atoms with van der Waals surface area (Å²) in [5.74, 6) is 0.645. The standard InChI is InChI=1S/C18H21NO/c1-3-4-8-15-11-13-17(14-12-15)19-18(20-2)16-9-6-5-7-10-16/h5-7,9-14H,3-4,8H2,1-2H3. The third-order valence-corrected chi connectivity index (χ3v) is 3.20. The maximum Gasteiger partial charge on any atom is 0.220 e. The van der Waals surface area contributed by atoms with Gasteiger partial charge >= 0.3 is 0 Å². The molecule has 0 atom stereocenters. The zero-order valence-electron chi connectivity index (χ0n) is 12.2. The van der Waals surface area contributed by atoms with Crippen LogP contribution in [-0.4, -0.2) is 13.0 Å². The van der Waals surface area contributed by atoms with Crippen molar-refractivity contribution >= 4 is 11.6 Å². The summed E-state index contributed by atoms with van der Waals surface area (Å²) in [4.78, 5) is 4.56. The van der Waals surface area contributed by atoms with Gasteiger partial charge in [-0.05, 0) is 42.7 Å². The summed E-state index contributed by atoms with van der Waals surface area (Å²) >= 11 is 0. The van der Waals surface area contributed by atoms with Crippen molar-refractivity contribution in [3.05, 3.63) is 65.7 Å². The average Bonchev–Trinajstić information content (AvgIpc) is 2.52. The van der Waals surface area contributed by atoms with Crippen molar-refractivity contribution in [2.75, 3.05) is 7.11 Å². The Bertz CT molecular complexity index is 543. The second-order valence-electron chi connectivity index (χ2n) is 4.76. The predicted molar refractivity (Wildman–Crippen MR) is 84.7 cm³/mol. The van der Waals surface area contributed by atoms with Crippen LogP contribution in [-0.2, 0) is 11.2 Å². The molecule has 2 aromatic carbocycles. The van der Waals surface area contributed by atoms with Gasteiger partial charge in [0.2, 0.25) is 5.90 Å². The van der Waals surface area contributed by atoms with E-state index in [1.54, 1.807) is 7.11 Å². The lowest BCUT2D eigenvalue weighted by molar-refractivity contribution is 0.405. The highest BCUT2D eigenvalue weighted by molar-refractivity contribution is 5.95. The van der Waals surface area contributed by atoms with Crippen LogP contribution in [0, 0.1) is 0 Å². The molecule has 0 fully saturated rings. The molecule has 2 rings (SSSR count). The first kappa shape index (κ1) is 14.3. The van der Waals surface area contributed by atoms with Crippen LogP contribution in [0.25, 0.3) is 0 Å². The van der Waals surface area contributed by atoms with Gasteiger partial charge in [0, 0.05) is 5.56 Å². The Kier molecular flexibility index (Phi) is 5.36. The van der Waals surface area contributed by atoms with E-state index in [4.69, 9.17) is 4.74 Å². The van der Waals surface area contributed by atoms with Crippen molar-refractivity contribution < 1.29 is 4.74 Å². The van der Waals surface area contributed by atoms with E-state index < -0.39 is 0 Å². The predicted octanol–water partition coefficient (Wildman–Crippen LogP) is 4.75. The number of aryl methyl sites for hydroxylation is 1. The minimum atomic E-state index is 0.645. The van der Waals surface area contributed by atoms with E-state index in [0.29, 0.717) is 5.90 Å². The van der Waals surface area contributed by atoms with E-state index >= 15 is 0 Å². The second-order valence-corrected chi connectivity index (χ2v) is 4.76. The normalized spacial score (nSPS) is 11.4. The Morgan fingerprint density at radius 2 is 1.70 bits per heavy atom. The molecular weight excluding hydrogens is 246 g/mol. The van der Waals surface area contributed by atoms with Gasteiger partial charge in [0.1, 0.15) is 0 Å². The Labute approximate surface area is 121 Å². The summed E-state index contributed by atoms with van der Waals surface area (Å²) in [6.07, 6.45) is 3.59. The number of aliphatic imine (C=N–C) groups is 1. The van der Waals surface area contributed by atoms with Gasteiger partial charge in [0.25, 0.3) is 0 Å². The molecule has 0 amide bonds. The van der Waals surface area contributed by atoms with Crippen molar-refractivity contribution in [1.82, 2.24) is 0 Å². The topological polar surface area (TPSA) is 21.6 Å². The minimum Gasteiger partial charge on any atom is -0.481 e. The number of hydrogen-bond donors (Lipinski definition) is 0. The van der Waals surface area contributed by atoms with Gasteiger partial charge in [0.05, 0.1) is 12.8 Å². The number of nitrogens with zero attached hydrogens (tertiary/aromatic N) is 1.